The van der Waals surface area contributed by atoms with Gasteiger partial charge in [0.2, 0.25) is 0 Å². The van der Waals surface area contributed by atoms with E-state index in [1.807, 2.05) is 0 Å². The molecule has 0 aliphatic rings. The number of rotatable bonds is 9. The molecule has 0 heterocycles. The first-order chi connectivity index (χ1) is 12.1. The number of hydrogen-bond donors (Lipinski definition) is 1. The molecule has 5 nitrogen and oxygen atoms in total. The second-order valence-corrected chi connectivity index (χ2v) is 5.65. The Bertz CT molecular complexity index is 689. The maximum absolute atomic E-state index is 12.1. The van der Waals surface area contributed by atoms with E-state index in [0.717, 1.165) is 18.6 Å². The molecule has 2 rings (SSSR count). The van der Waals surface area contributed by atoms with Gasteiger partial charge in [0, 0.05) is 0 Å². The number of esters is 1. The van der Waals surface area contributed by atoms with E-state index in [2.05, 4.69) is 6.92 Å². The monoisotopic (exact) mass is 342 g/mol. The summed E-state index contributed by atoms with van der Waals surface area (Å²) >= 11 is 0. The topological polar surface area (TPSA) is 72.8 Å². The summed E-state index contributed by atoms with van der Waals surface area (Å²) in [6.07, 6.45) is 4.59. The number of carbonyl (C=O) groups excluding carboxylic acids is 1. The molecule has 0 spiro atoms. The summed E-state index contributed by atoms with van der Waals surface area (Å²) < 4.78 is 10.9. The van der Waals surface area contributed by atoms with Crippen LogP contribution in [0.5, 0.6) is 11.5 Å². The van der Waals surface area contributed by atoms with E-state index in [1.54, 1.807) is 24.3 Å². The lowest BCUT2D eigenvalue weighted by molar-refractivity contribution is 0.0691. The van der Waals surface area contributed by atoms with Crippen LogP contribution in [0.25, 0.3) is 0 Å². The van der Waals surface area contributed by atoms with E-state index >= 15 is 0 Å². The largest absolute Gasteiger partial charge is 0.494 e. The first-order valence-electron chi connectivity index (χ1n) is 8.38. The van der Waals surface area contributed by atoms with Gasteiger partial charge in [-0.3, -0.25) is 0 Å². The highest BCUT2D eigenvalue weighted by atomic mass is 16.5. The molecule has 0 unspecified atom stereocenters. The maximum Gasteiger partial charge on any atom is 0.343 e. The van der Waals surface area contributed by atoms with Crippen LogP contribution in [-0.4, -0.2) is 23.7 Å². The standard InChI is InChI=1S/C20H22O5/c1-2-3-4-5-14-24-17-10-12-18(13-11-17)25-20(23)16-8-6-15(7-9-16)19(21)22/h6-13H,2-5,14H2,1H3,(H,21,22). The number of benzene rings is 2. The lowest BCUT2D eigenvalue weighted by Crippen LogP contribution is -2.09. The van der Waals surface area contributed by atoms with Gasteiger partial charge in [0.05, 0.1) is 17.7 Å². The SMILES string of the molecule is CCCCCCOc1ccc(OC(=O)c2ccc(C(=O)O)cc2)cc1. The number of hydrogen-bond acceptors (Lipinski definition) is 4. The van der Waals surface area contributed by atoms with Gasteiger partial charge in [-0.2, -0.15) is 0 Å². The average molecular weight is 342 g/mol. The van der Waals surface area contributed by atoms with Gasteiger partial charge in [-0.25, -0.2) is 9.59 Å². The molecule has 0 radical (unpaired) electrons. The molecule has 1 N–H and O–H groups in total. The summed E-state index contributed by atoms with van der Waals surface area (Å²) in [4.78, 5) is 22.9. The molecule has 2 aromatic rings. The smallest absolute Gasteiger partial charge is 0.343 e. The van der Waals surface area contributed by atoms with Crippen molar-refractivity contribution >= 4 is 11.9 Å². The molecule has 132 valence electrons. The fourth-order valence-electron chi connectivity index (χ4n) is 2.24. The Morgan fingerprint density at radius 2 is 1.44 bits per heavy atom. The van der Waals surface area contributed by atoms with E-state index < -0.39 is 11.9 Å². The summed E-state index contributed by atoms with van der Waals surface area (Å²) in [6, 6.07) is 12.5. The summed E-state index contributed by atoms with van der Waals surface area (Å²) in [5, 5.41) is 8.85. The lowest BCUT2D eigenvalue weighted by Gasteiger charge is -2.08. The van der Waals surface area contributed by atoms with E-state index in [0.29, 0.717) is 17.9 Å². The number of unbranched alkanes of at least 4 members (excludes halogenated alkanes) is 3. The van der Waals surface area contributed by atoms with Gasteiger partial charge in [0.1, 0.15) is 11.5 Å². The van der Waals surface area contributed by atoms with Crippen molar-refractivity contribution in [3.05, 3.63) is 59.7 Å². The molecule has 2 aromatic carbocycles. The molecule has 0 fully saturated rings. The number of aromatic carboxylic acids is 1. The molecule has 0 saturated heterocycles. The van der Waals surface area contributed by atoms with Crippen LogP contribution in [-0.2, 0) is 0 Å². The van der Waals surface area contributed by atoms with E-state index in [4.69, 9.17) is 14.6 Å². The van der Waals surface area contributed by atoms with Gasteiger partial charge in [-0.15, -0.1) is 0 Å². The van der Waals surface area contributed by atoms with Gasteiger partial charge in [0.15, 0.2) is 0 Å². The van der Waals surface area contributed by atoms with Crippen LogP contribution in [0.1, 0.15) is 53.3 Å². The summed E-state index contributed by atoms with van der Waals surface area (Å²) in [5.74, 6) is -0.428. The number of ether oxygens (including phenoxy) is 2. The second-order valence-electron chi connectivity index (χ2n) is 5.65. The molecular formula is C20H22O5. The minimum absolute atomic E-state index is 0.122. The fourth-order valence-corrected chi connectivity index (χ4v) is 2.24. The third-order valence-electron chi connectivity index (χ3n) is 3.67. The third-order valence-corrected chi connectivity index (χ3v) is 3.67. The van der Waals surface area contributed by atoms with E-state index in [-0.39, 0.29) is 5.56 Å². The highest BCUT2D eigenvalue weighted by Crippen LogP contribution is 2.19. The minimum atomic E-state index is -1.04. The van der Waals surface area contributed by atoms with Crippen molar-refractivity contribution in [2.24, 2.45) is 0 Å². The van der Waals surface area contributed by atoms with Crippen molar-refractivity contribution < 1.29 is 24.2 Å². The first kappa shape index (κ1) is 18.5. The highest BCUT2D eigenvalue weighted by molar-refractivity contribution is 5.93. The van der Waals surface area contributed by atoms with Crippen LogP contribution in [0.3, 0.4) is 0 Å². The molecule has 0 bridgehead atoms. The third kappa shape index (κ3) is 5.95. The van der Waals surface area contributed by atoms with Crippen molar-refractivity contribution in [1.29, 1.82) is 0 Å². The molecule has 0 saturated carbocycles. The highest BCUT2D eigenvalue weighted by Gasteiger charge is 2.10. The molecule has 0 atom stereocenters. The number of carboxylic acid groups (broad SMARTS) is 1. The van der Waals surface area contributed by atoms with Gasteiger partial charge in [0.25, 0.3) is 0 Å². The lowest BCUT2D eigenvalue weighted by atomic mass is 10.1. The normalized spacial score (nSPS) is 10.3. The van der Waals surface area contributed by atoms with Crippen LogP contribution < -0.4 is 9.47 Å². The molecule has 0 amide bonds. The molecule has 0 aromatic heterocycles. The fraction of sp³-hybridized carbons (Fsp3) is 0.300. The Labute approximate surface area is 147 Å². The van der Waals surface area contributed by atoms with Gasteiger partial charge in [-0.1, -0.05) is 26.2 Å². The van der Waals surface area contributed by atoms with Crippen LogP contribution in [0.15, 0.2) is 48.5 Å². The Hall–Kier alpha value is -2.82. The Morgan fingerprint density at radius 1 is 0.840 bits per heavy atom. The quantitative estimate of drug-likeness (QED) is 0.411. The molecule has 25 heavy (non-hydrogen) atoms. The van der Waals surface area contributed by atoms with Gasteiger partial charge >= 0.3 is 11.9 Å². The zero-order valence-electron chi connectivity index (χ0n) is 14.2. The van der Waals surface area contributed by atoms with Crippen molar-refractivity contribution in [2.75, 3.05) is 6.61 Å². The van der Waals surface area contributed by atoms with Crippen molar-refractivity contribution in [3.8, 4) is 11.5 Å². The van der Waals surface area contributed by atoms with Crippen molar-refractivity contribution in [1.82, 2.24) is 0 Å². The summed E-state index contributed by atoms with van der Waals surface area (Å²) in [5.41, 5.74) is 0.415. The Balaban J connectivity index is 1.85. The van der Waals surface area contributed by atoms with Crippen molar-refractivity contribution in [3.63, 3.8) is 0 Å². The molecule has 0 aliphatic carbocycles. The van der Waals surface area contributed by atoms with E-state index in [9.17, 15) is 9.59 Å². The molecule has 5 heteroatoms. The zero-order chi connectivity index (χ0) is 18.1. The number of carboxylic acids is 1. The number of carbonyl (C=O) groups is 2. The van der Waals surface area contributed by atoms with Crippen LogP contribution in [0.2, 0.25) is 0 Å². The van der Waals surface area contributed by atoms with E-state index in [1.165, 1.54) is 37.1 Å². The predicted octanol–water partition coefficient (Wildman–Crippen LogP) is 4.56. The van der Waals surface area contributed by atoms with Crippen molar-refractivity contribution in [2.45, 2.75) is 32.6 Å². The minimum Gasteiger partial charge on any atom is -0.494 e. The van der Waals surface area contributed by atoms with Gasteiger partial charge < -0.3 is 14.6 Å². The summed E-state index contributed by atoms with van der Waals surface area (Å²) in [7, 11) is 0. The maximum atomic E-state index is 12.1. The zero-order valence-corrected chi connectivity index (χ0v) is 14.2. The Morgan fingerprint density at radius 3 is 2.04 bits per heavy atom. The first-order valence-corrected chi connectivity index (χ1v) is 8.38. The Kier molecular flexibility index (Phi) is 7.01. The van der Waals surface area contributed by atoms with Gasteiger partial charge in [-0.05, 0) is 55.0 Å². The average Bonchev–Trinajstić information content (AvgIpc) is 2.63. The van der Waals surface area contributed by atoms with Crippen LogP contribution in [0.4, 0.5) is 0 Å². The van der Waals surface area contributed by atoms with Crippen LogP contribution in [0, 0.1) is 0 Å². The van der Waals surface area contributed by atoms with Crippen LogP contribution >= 0.6 is 0 Å². The molecule has 0 aliphatic heterocycles. The second kappa shape index (κ2) is 9.47. The predicted molar refractivity (Wildman–Crippen MR) is 94.4 cm³/mol. The summed E-state index contributed by atoms with van der Waals surface area (Å²) in [6.45, 7) is 2.84. The molecular weight excluding hydrogens is 320 g/mol.